The molecule has 0 spiro atoms. The summed E-state index contributed by atoms with van der Waals surface area (Å²) in [6.45, 7) is 2.20. The summed E-state index contributed by atoms with van der Waals surface area (Å²) < 4.78 is 5.56. The summed E-state index contributed by atoms with van der Waals surface area (Å²) in [5.41, 5.74) is 1.11. The molecule has 2 N–H and O–H groups in total. The van der Waals surface area contributed by atoms with Gasteiger partial charge < -0.3 is 14.8 Å². The lowest BCUT2D eigenvalue weighted by molar-refractivity contribution is -0.137. The fraction of sp³-hybridized carbons (Fsp3) is 0.353. The van der Waals surface area contributed by atoms with E-state index in [1.807, 2.05) is 30.3 Å². The van der Waals surface area contributed by atoms with Crippen molar-refractivity contribution < 1.29 is 19.1 Å². The topological polar surface area (TPSA) is 92.4 Å². The van der Waals surface area contributed by atoms with Gasteiger partial charge in [0.25, 0.3) is 5.91 Å². The molecule has 0 atom stereocenters. The van der Waals surface area contributed by atoms with Gasteiger partial charge in [0.15, 0.2) is 5.69 Å². The zero-order valence-corrected chi connectivity index (χ0v) is 13.0. The van der Waals surface area contributed by atoms with Crippen molar-refractivity contribution in [3.8, 4) is 11.5 Å². The number of oxazole rings is 1. The maximum absolute atomic E-state index is 12.1. The average Bonchev–Trinajstić information content (AvgIpc) is 2.93. The van der Waals surface area contributed by atoms with Crippen molar-refractivity contribution in [3.05, 3.63) is 41.8 Å². The van der Waals surface area contributed by atoms with Gasteiger partial charge >= 0.3 is 5.97 Å². The number of aromatic nitrogens is 1. The number of hydrogen-bond acceptors (Lipinski definition) is 4. The van der Waals surface area contributed by atoms with E-state index in [0.717, 1.165) is 18.4 Å². The molecule has 0 radical (unpaired) electrons. The fourth-order valence-corrected chi connectivity index (χ4v) is 2.17. The van der Waals surface area contributed by atoms with Crippen LogP contribution in [0.1, 0.15) is 41.9 Å². The van der Waals surface area contributed by atoms with E-state index in [1.165, 1.54) is 0 Å². The fourth-order valence-electron chi connectivity index (χ4n) is 2.17. The van der Waals surface area contributed by atoms with Crippen molar-refractivity contribution in [1.82, 2.24) is 10.3 Å². The summed E-state index contributed by atoms with van der Waals surface area (Å²) in [5, 5.41) is 11.3. The number of aryl methyl sites for hydroxylation is 1. The lowest BCUT2D eigenvalue weighted by Crippen LogP contribution is -2.25. The van der Waals surface area contributed by atoms with E-state index in [0.29, 0.717) is 24.6 Å². The second-order valence-corrected chi connectivity index (χ2v) is 5.25. The largest absolute Gasteiger partial charge is 0.481 e. The van der Waals surface area contributed by atoms with Gasteiger partial charge in [0.05, 0.1) is 0 Å². The monoisotopic (exact) mass is 316 g/mol. The number of unbranched alkanes of at least 4 members (excludes halogenated alkanes) is 2. The molecule has 2 rings (SSSR count). The van der Waals surface area contributed by atoms with E-state index in [1.54, 1.807) is 6.92 Å². The predicted octanol–water partition coefficient (Wildman–Crippen LogP) is 3.02. The molecule has 0 saturated heterocycles. The summed E-state index contributed by atoms with van der Waals surface area (Å²) >= 11 is 0. The molecule has 0 aliphatic rings. The third kappa shape index (κ3) is 4.95. The number of carboxylic acids is 1. The van der Waals surface area contributed by atoms with Crippen LogP contribution in [0.4, 0.5) is 0 Å². The number of hydrogen-bond donors (Lipinski definition) is 2. The molecule has 1 heterocycles. The summed E-state index contributed by atoms with van der Waals surface area (Å²) in [4.78, 5) is 26.8. The molecule has 122 valence electrons. The maximum Gasteiger partial charge on any atom is 0.303 e. The highest BCUT2D eigenvalue weighted by molar-refractivity contribution is 5.93. The van der Waals surface area contributed by atoms with Gasteiger partial charge in [0, 0.05) is 18.5 Å². The number of carbonyl (C=O) groups is 2. The smallest absolute Gasteiger partial charge is 0.303 e. The van der Waals surface area contributed by atoms with Crippen LogP contribution in [0.2, 0.25) is 0 Å². The molecule has 2 aromatic rings. The molecule has 0 saturated carbocycles. The van der Waals surface area contributed by atoms with E-state index in [-0.39, 0.29) is 18.0 Å². The Labute approximate surface area is 134 Å². The van der Waals surface area contributed by atoms with Crippen LogP contribution in [-0.4, -0.2) is 28.5 Å². The van der Waals surface area contributed by atoms with Gasteiger partial charge in [0.1, 0.15) is 5.76 Å². The molecular weight excluding hydrogens is 296 g/mol. The first-order valence-electron chi connectivity index (χ1n) is 7.61. The molecule has 0 bridgehead atoms. The van der Waals surface area contributed by atoms with Crippen molar-refractivity contribution in [2.75, 3.05) is 6.54 Å². The molecule has 0 aliphatic carbocycles. The first kappa shape index (κ1) is 16.7. The number of aliphatic carboxylic acids is 1. The standard InChI is InChI=1S/C17H20N2O4/c1-12-15(16(22)18-11-7-3-6-10-14(20)21)19-17(23-12)13-8-4-2-5-9-13/h2,4-5,8-9H,3,6-7,10-11H2,1H3,(H,18,22)(H,20,21). The minimum absolute atomic E-state index is 0.163. The number of benzene rings is 1. The summed E-state index contributed by atoms with van der Waals surface area (Å²) in [7, 11) is 0. The minimum Gasteiger partial charge on any atom is -0.481 e. The first-order chi connectivity index (χ1) is 11.1. The van der Waals surface area contributed by atoms with Crippen LogP contribution >= 0.6 is 0 Å². The summed E-state index contributed by atoms with van der Waals surface area (Å²) in [6, 6.07) is 9.40. The highest BCUT2D eigenvalue weighted by Crippen LogP contribution is 2.21. The van der Waals surface area contributed by atoms with Gasteiger partial charge in [-0.15, -0.1) is 0 Å². The Kier molecular flexibility index (Phi) is 5.91. The average molecular weight is 316 g/mol. The van der Waals surface area contributed by atoms with Crippen molar-refractivity contribution in [2.45, 2.75) is 32.6 Å². The number of nitrogens with zero attached hydrogens (tertiary/aromatic N) is 1. The van der Waals surface area contributed by atoms with E-state index in [4.69, 9.17) is 9.52 Å². The zero-order chi connectivity index (χ0) is 16.7. The number of amides is 1. The molecule has 0 unspecified atom stereocenters. The molecule has 6 nitrogen and oxygen atoms in total. The van der Waals surface area contributed by atoms with Crippen molar-refractivity contribution in [1.29, 1.82) is 0 Å². The van der Waals surface area contributed by atoms with Crippen LogP contribution in [0.25, 0.3) is 11.5 Å². The van der Waals surface area contributed by atoms with Gasteiger partial charge in [0.2, 0.25) is 5.89 Å². The number of carbonyl (C=O) groups excluding carboxylic acids is 1. The van der Waals surface area contributed by atoms with Crippen molar-refractivity contribution >= 4 is 11.9 Å². The zero-order valence-electron chi connectivity index (χ0n) is 13.0. The van der Waals surface area contributed by atoms with Gasteiger partial charge in [-0.25, -0.2) is 4.98 Å². The number of carboxylic acid groups (broad SMARTS) is 1. The molecule has 1 aromatic heterocycles. The Morgan fingerprint density at radius 2 is 1.91 bits per heavy atom. The third-order valence-corrected chi connectivity index (χ3v) is 3.39. The van der Waals surface area contributed by atoms with Crippen LogP contribution in [0.5, 0.6) is 0 Å². The molecule has 1 aromatic carbocycles. The minimum atomic E-state index is -0.791. The van der Waals surface area contributed by atoms with Gasteiger partial charge in [-0.2, -0.15) is 0 Å². The Balaban J connectivity index is 1.85. The maximum atomic E-state index is 12.1. The molecule has 0 fully saturated rings. The molecule has 6 heteroatoms. The molecule has 0 aliphatic heterocycles. The van der Waals surface area contributed by atoms with Crippen LogP contribution in [0.3, 0.4) is 0 Å². The van der Waals surface area contributed by atoms with Crippen LogP contribution in [0.15, 0.2) is 34.7 Å². The van der Waals surface area contributed by atoms with E-state index < -0.39 is 5.97 Å². The van der Waals surface area contributed by atoms with E-state index in [2.05, 4.69) is 10.3 Å². The van der Waals surface area contributed by atoms with E-state index in [9.17, 15) is 9.59 Å². The first-order valence-corrected chi connectivity index (χ1v) is 7.61. The van der Waals surface area contributed by atoms with Gasteiger partial charge in [-0.3, -0.25) is 9.59 Å². The highest BCUT2D eigenvalue weighted by atomic mass is 16.4. The lowest BCUT2D eigenvalue weighted by Gasteiger charge is -2.02. The molecule has 23 heavy (non-hydrogen) atoms. The summed E-state index contributed by atoms with van der Waals surface area (Å²) in [5.74, 6) is -0.158. The Hall–Kier alpha value is -2.63. The second-order valence-electron chi connectivity index (χ2n) is 5.25. The SMILES string of the molecule is Cc1oc(-c2ccccc2)nc1C(=O)NCCCCCC(=O)O. The Morgan fingerprint density at radius 3 is 2.61 bits per heavy atom. The molecular formula is C17H20N2O4. The van der Waals surface area contributed by atoms with Gasteiger partial charge in [-0.1, -0.05) is 24.6 Å². The number of nitrogens with one attached hydrogen (secondary N) is 1. The second kappa shape index (κ2) is 8.12. The van der Waals surface area contributed by atoms with Crippen molar-refractivity contribution in [3.63, 3.8) is 0 Å². The Morgan fingerprint density at radius 1 is 1.17 bits per heavy atom. The van der Waals surface area contributed by atoms with E-state index >= 15 is 0 Å². The lowest BCUT2D eigenvalue weighted by atomic mass is 10.2. The Bertz CT molecular complexity index is 664. The predicted molar refractivity (Wildman–Crippen MR) is 85.1 cm³/mol. The molecule has 1 amide bonds. The highest BCUT2D eigenvalue weighted by Gasteiger charge is 2.17. The third-order valence-electron chi connectivity index (χ3n) is 3.39. The van der Waals surface area contributed by atoms with Gasteiger partial charge in [-0.05, 0) is 31.9 Å². The van der Waals surface area contributed by atoms with Crippen LogP contribution in [0, 0.1) is 6.92 Å². The van der Waals surface area contributed by atoms with Crippen LogP contribution in [-0.2, 0) is 4.79 Å². The van der Waals surface area contributed by atoms with Crippen LogP contribution < -0.4 is 5.32 Å². The van der Waals surface area contributed by atoms with Crippen molar-refractivity contribution in [2.24, 2.45) is 0 Å². The number of rotatable bonds is 8. The summed E-state index contributed by atoms with van der Waals surface area (Å²) in [6.07, 6.45) is 2.28. The quantitative estimate of drug-likeness (QED) is 0.730. The normalized spacial score (nSPS) is 10.5.